The molecule has 3 heterocycles. The second-order valence-corrected chi connectivity index (χ2v) is 10.2. The number of hydrogen-bond acceptors (Lipinski definition) is 4. The van der Waals surface area contributed by atoms with Crippen LogP contribution in [0.5, 0.6) is 5.75 Å². The van der Waals surface area contributed by atoms with Crippen LogP contribution >= 0.6 is 23.2 Å². The molecule has 8 heteroatoms. The fourth-order valence-corrected chi connectivity index (χ4v) is 4.81. The first-order valence-corrected chi connectivity index (χ1v) is 12.7. The molecular weight excluding hydrogens is 507 g/mol. The molecule has 0 fully saturated rings. The first-order valence-electron chi connectivity index (χ1n) is 11.9. The van der Waals surface area contributed by atoms with Gasteiger partial charge in [-0.1, -0.05) is 49.2 Å². The maximum Gasteiger partial charge on any atom is 0.343 e. The van der Waals surface area contributed by atoms with Gasteiger partial charge in [-0.2, -0.15) is 0 Å². The average molecular weight is 529 g/mol. The van der Waals surface area contributed by atoms with Crippen molar-refractivity contribution in [2.45, 2.75) is 20.4 Å². The molecule has 37 heavy (non-hydrogen) atoms. The number of imidazole rings is 1. The van der Waals surface area contributed by atoms with E-state index in [2.05, 4.69) is 13.8 Å². The molecule has 0 atom stereocenters. The standard InChI is InChI=1S/C29H22Cl2N4O2/c1-17(2)15-34-16-24(37-29(36)19-9-13-21(31)14-10-19)25-27(34)33-26(18-7-11-20(30)12-8-18)35-23-6-4-3-5-22(23)32-28(25)35/h3-14,16-17H,15H2,1-2H3. The third-order valence-electron chi connectivity index (χ3n) is 6.17. The van der Waals surface area contributed by atoms with Crippen LogP contribution in [0.1, 0.15) is 24.2 Å². The van der Waals surface area contributed by atoms with Crippen LogP contribution in [0.4, 0.5) is 0 Å². The molecule has 3 aromatic carbocycles. The van der Waals surface area contributed by atoms with Gasteiger partial charge in [0.1, 0.15) is 16.9 Å². The highest BCUT2D eigenvalue weighted by Crippen LogP contribution is 2.36. The smallest absolute Gasteiger partial charge is 0.343 e. The number of carbonyl (C=O) groups excluding carboxylic acids is 1. The molecule has 0 amide bonds. The monoisotopic (exact) mass is 528 g/mol. The molecule has 6 aromatic rings. The fraction of sp³-hybridized carbons (Fsp3) is 0.138. The lowest BCUT2D eigenvalue weighted by Gasteiger charge is -2.11. The average Bonchev–Trinajstić information content (AvgIpc) is 3.42. The van der Waals surface area contributed by atoms with Crippen molar-refractivity contribution in [2.75, 3.05) is 0 Å². The van der Waals surface area contributed by atoms with E-state index < -0.39 is 5.97 Å². The van der Waals surface area contributed by atoms with E-state index in [1.165, 1.54) is 0 Å². The minimum absolute atomic E-state index is 0.339. The van der Waals surface area contributed by atoms with Crippen molar-refractivity contribution < 1.29 is 9.53 Å². The summed E-state index contributed by atoms with van der Waals surface area (Å²) in [7, 11) is 0. The number of carbonyl (C=O) groups is 1. The number of hydrogen-bond donors (Lipinski definition) is 0. The number of nitrogens with zero attached hydrogens (tertiary/aromatic N) is 4. The molecular formula is C29H22Cl2N4O2. The summed E-state index contributed by atoms with van der Waals surface area (Å²) in [6.45, 7) is 4.96. The van der Waals surface area contributed by atoms with Crippen LogP contribution in [-0.4, -0.2) is 24.9 Å². The van der Waals surface area contributed by atoms with Crippen molar-refractivity contribution in [3.05, 3.63) is 94.6 Å². The number of fused-ring (bicyclic) bond motifs is 5. The second kappa shape index (κ2) is 9.21. The van der Waals surface area contributed by atoms with Crippen molar-refractivity contribution in [3.8, 4) is 17.1 Å². The highest BCUT2D eigenvalue weighted by atomic mass is 35.5. The number of halogens is 2. The number of aromatic nitrogens is 4. The summed E-state index contributed by atoms with van der Waals surface area (Å²) in [4.78, 5) is 23.2. The van der Waals surface area contributed by atoms with Crippen molar-refractivity contribution in [2.24, 2.45) is 5.92 Å². The molecule has 0 saturated heterocycles. The van der Waals surface area contributed by atoms with Crippen LogP contribution in [0.3, 0.4) is 0 Å². The SMILES string of the molecule is CC(C)Cn1cc(OC(=O)c2ccc(Cl)cc2)c2c1nc(-c1ccc(Cl)cc1)n1c3ccccc3nc21. The molecule has 0 spiro atoms. The summed E-state index contributed by atoms with van der Waals surface area (Å²) in [5.74, 6) is 1.00. The Balaban J connectivity index is 1.64. The molecule has 3 aromatic heterocycles. The van der Waals surface area contributed by atoms with Crippen LogP contribution in [0.15, 0.2) is 79.0 Å². The summed E-state index contributed by atoms with van der Waals surface area (Å²) in [5, 5.41) is 1.88. The number of para-hydroxylation sites is 2. The van der Waals surface area contributed by atoms with Crippen LogP contribution in [0, 0.1) is 5.92 Å². The van der Waals surface area contributed by atoms with E-state index in [0.717, 1.165) is 22.4 Å². The zero-order chi connectivity index (χ0) is 25.7. The molecule has 0 radical (unpaired) electrons. The molecule has 6 rings (SSSR count). The van der Waals surface area contributed by atoms with Gasteiger partial charge in [0, 0.05) is 28.4 Å². The summed E-state index contributed by atoms with van der Waals surface area (Å²) < 4.78 is 10.0. The third-order valence-corrected chi connectivity index (χ3v) is 6.67. The normalized spacial score (nSPS) is 11.7. The minimum atomic E-state index is -0.476. The molecule has 0 N–H and O–H groups in total. The largest absolute Gasteiger partial charge is 0.420 e. The maximum absolute atomic E-state index is 13.1. The van der Waals surface area contributed by atoms with Gasteiger partial charge < -0.3 is 9.30 Å². The van der Waals surface area contributed by atoms with Gasteiger partial charge in [-0.25, -0.2) is 14.8 Å². The van der Waals surface area contributed by atoms with Gasteiger partial charge in [-0.3, -0.25) is 4.40 Å². The molecule has 0 aliphatic heterocycles. The van der Waals surface area contributed by atoms with Gasteiger partial charge in [-0.15, -0.1) is 0 Å². The Kier molecular flexibility index (Phi) is 5.86. The molecule has 0 saturated carbocycles. The van der Waals surface area contributed by atoms with Crippen LogP contribution in [-0.2, 0) is 6.54 Å². The number of ether oxygens (including phenoxy) is 1. The molecule has 0 unspecified atom stereocenters. The summed E-state index contributed by atoms with van der Waals surface area (Å²) in [6.07, 6.45) is 1.84. The van der Waals surface area contributed by atoms with E-state index in [-0.39, 0.29) is 0 Å². The minimum Gasteiger partial charge on any atom is -0.420 e. The summed E-state index contributed by atoms with van der Waals surface area (Å²) in [5.41, 5.74) is 4.39. The van der Waals surface area contributed by atoms with E-state index >= 15 is 0 Å². The zero-order valence-corrected chi connectivity index (χ0v) is 21.7. The molecule has 0 aliphatic rings. The Labute approximate surface area is 223 Å². The Morgan fingerprint density at radius 2 is 1.57 bits per heavy atom. The highest BCUT2D eigenvalue weighted by molar-refractivity contribution is 6.31. The summed E-state index contributed by atoms with van der Waals surface area (Å²) in [6, 6.07) is 22.1. The van der Waals surface area contributed by atoms with E-state index in [1.807, 2.05) is 63.7 Å². The fourth-order valence-electron chi connectivity index (χ4n) is 4.56. The Hall–Kier alpha value is -3.87. The highest BCUT2D eigenvalue weighted by Gasteiger charge is 2.24. The van der Waals surface area contributed by atoms with Gasteiger partial charge in [0.05, 0.1) is 16.6 Å². The van der Waals surface area contributed by atoms with E-state index in [0.29, 0.717) is 50.5 Å². The number of rotatable bonds is 5. The quantitative estimate of drug-likeness (QED) is 0.215. The van der Waals surface area contributed by atoms with Gasteiger partial charge >= 0.3 is 5.97 Å². The van der Waals surface area contributed by atoms with E-state index in [9.17, 15) is 4.79 Å². The third kappa shape index (κ3) is 4.22. The first-order chi connectivity index (χ1) is 17.9. The van der Waals surface area contributed by atoms with Crippen molar-refractivity contribution in [1.82, 2.24) is 18.9 Å². The van der Waals surface area contributed by atoms with E-state index in [4.69, 9.17) is 37.9 Å². The molecule has 184 valence electrons. The van der Waals surface area contributed by atoms with Crippen molar-refractivity contribution >= 4 is 56.9 Å². The molecule has 6 nitrogen and oxygen atoms in total. The maximum atomic E-state index is 13.1. The second-order valence-electron chi connectivity index (χ2n) is 9.34. The topological polar surface area (TPSA) is 61.4 Å². The lowest BCUT2D eigenvalue weighted by Crippen LogP contribution is -2.08. The number of esters is 1. The molecule has 0 bridgehead atoms. The number of benzene rings is 3. The van der Waals surface area contributed by atoms with E-state index in [1.54, 1.807) is 24.3 Å². The first kappa shape index (κ1) is 23.5. The van der Waals surface area contributed by atoms with Gasteiger partial charge in [0.25, 0.3) is 0 Å². The van der Waals surface area contributed by atoms with Crippen molar-refractivity contribution in [3.63, 3.8) is 0 Å². The van der Waals surface area contributed by atoms with Gasteiger partial charge in [-0.05, 0) is 66.6 Å². The molecule has 0 aliphatic carbocycles. The Morgan fingerprint density at radius 3 is 2.27 bits per heavy atom. The van der Waals surface area contributed by atoms with Gasteiger partial charge in [0.15, 0.2) is 11.4 Å². The lowest BCUT2D eigenvalue weighted by atomic mass is 10.2. The zero-order valence-electron chi connectivity index (χ0n) is 20.2. The van der Waals surface area contributed by atoms with Gasteiger partial charge in [0.2, 0.25) is 0 Å². The van der Waals surface area contributed by atoms with Crippen LogP contribution in [0.2, 0.25) is 10.0 Å². The van der Waals surface area contributed by atoms with Crippen molar-refractivity contribution in [1.29, 1.82) is 0 Å². The Bertz CT molecular complexity index is 1790. The van der Waals surface area contributed by atoms with Crippen LogP contribution < -0.4 is 4.74 Å². The lowest BCUT2D eigenvalue weighted by molar-refractivity contribution is 0.0737. The predicted molar refractivity (Wildman–Crippen MR) is 148 cm³/mol. The van der Waals surface area contributed by atoms with Crippen LogP contribution in [0.25, 0.3) is 39.1 Å². The Morgan fingerprint density at radius 1 is 0.892 bits per heavy atom. The summed E-state index contributed by atoms with van der Waals surface area (Å²) >= 11 is 12.2. The predicted octanol–water partition coefficient (Wildman–Crippen LogP) is 7.69.